The lowest BCUT2D eigenvalue weighted by Gasteiger charge is -2.43. The van der Waals surface area contributed by atoms with Crippen molar-refractivity contribution in [3.8, 4) is 0 Å². The van der Waals surface area contributed by atoms with Gasteiger partial charge in [0.25, 0.3) is 0 Å². The van der Waals surface area contributed by atoms with Crippen molar-refractivity contribution < 1.29 is 9.53 Å². The second-order valence-corrected chi connectivity index (χ2v) is 7.90. The van der Waals surface area contributed by atoms with E-state index in [2.05, 4.69) is 12.2 Å². The maximum Gasteiger partial charge on any atom is 0.220 e. The zero-order valence-electron chi connectivity index (χ0n) is 15.0. The lowest BCUT2D eigenvalue weighted by Crippen LogP contribution is -2.50. The molecule has 1 amide bonds. The van der Waals surface area contributed by atoms with Crippen LogP contribution in [0.4, 0.5) is 0 Å². The summed E-state index contributed by atoms with van der Waals surface area (Å²) in [7, 11) is 0. The third-order valence-corrected chi connectivity index (χ3v) is 5.45. The summed E-state index contributed by atoms with van der Waals surface area (Å²) < 4.78 is 6.41. The molecule has 0 aromatic heterocycles. The molecule has 1 saturated heterocycles. The van der Waals surface area contributed by atoms with Crippen molar-refractivity contribution in [2.75, 3.05) is 0 Å². The highest BCUT2D eigenvalue weighted by molar-refractivity contribution is 6.31. The van der Waals surface area contributed by atoms with Crippen LogP contribution >= 0.6 is 23.2 Å². The number of benzene rings is 2. The third-order valence-electron chi connectivity index (χ3n) is 4.86. The zero-order valence-corrected chi connectivity index (χ0v) is 16.5. The average Bonchev–Trinajstić information content (AvgIpc) is 2.61. The van der Waals surface area contributed by atoms with Gasteiger partial charge >= 0.3 is 0 Å². The molecule has 3 rings (SSSR count). The summed E-state index contributed by atoms with van der Waals surface area (Å²) in [6, 6.07) is 15.4. The average molecular weight is 392 g/mol. The normalized spacial score (nSPS) is 25.7. The van der Waals surface area contributed by atoms with Crippen molar-refractivity contribution in [3.63, 3.8) is 0 Å². The predicted octanol–water partition coefficient (Wildman–Crippen LogP) is 5.87. The SMILES string of the molecule is CCC(=O)N[C@@]1(C)C[C@@H](c2ccc(Cl)cc2)O[C@@H](c2ccccc2Cl)C1. The van der Waals surface area contributed by atoms with Gasteiger partial charge in [-0.2, -0.15) is 0 Å². The van der Waals surface area contributed by atoms with E-state index in [0.29, 0.717) is 29.3 Å². The Hall–Kier alpha value is -1.55. The molecule has 26 heavy (non-hydrogen) atoms. The quantitative estimate of drug-likeness (QED) is 0.707. The highest BCUT2D eigenvalue weighted by Gasteiger charge is 2.40. The second-order valence-electron chi connectivity index (χ2n) is 7.06. The smallest absolute Gasteiger partial charge is 0.220 e. The Morgan fingerprint density at radius 3 is 2.42 bits per heavy atom. The van der Waals surface area contributed by atoms with E-state index in [1.807, 2.05) is 55.5 Å². The van der Waals surface area contributed by atoms with Gasteiger partial charge in [0.05, 0.1) is 12.2 Å². The fourth-order valence-corrected chi connectivity index (χ4v) is 3.90. The number of hydrogen-bond acceptors (Lipinski definition) is 2. The van der Waals surface area contributed by atoms with Crippen LogP contribution in [0.2, 0.25) is 10.0 Å². The number of nitrogens with one attached hydrogen (secondary N) is 1. The molecule has 1 fully saturated rings. The molecule has 0 spiro atoms. The van der Waals surface area contributed by atoms with Crippen LogP contribution in [0.1, 0.15) is 56.4 Å². The molecule has 0 bridgehead atoms. The van der Waals surface area contributed by atoms with Crippen LogP contribution < -0.4 is 5.32 Å². The van der Waals surface area contributed by atoms with Gasteiger partial charge in [0.2, 0.25) is 5.91 Å². The Morgan fingerprint density at radius 1 is 1.12 bits per heavy atom. The first-order valence-corrected chi connectivity index (χ1v) is 9.62. The second kappa shape index (κ2) is 7.99. The number of ether oxygens (including phenoxy) is 1. The van der Waals surface area contributed by atoms with Gasteiger partial charge in [-0.3, -0.25) is 4.79 Å². The van der Waals surface area contributed by atoms with E-state index in [1.54, 1.807) is 0 Å². The molecule has 2 aromatic carbocycles. The Bertz CT molecular complexity index is 778. The molecular formula is C21H23Cl2NO2. The Balaban J connectivity index is 1.94. The first-order valence-electron chi connectivity index (χ1n) is 8.86. The summed E-state index contributed by atoms with van der Waals surface area (Å²) in [6.07, 6.45) is 1.48. The molecule has 1 aliphatic heterocycles. The van der Waals surface area contributed by atoms with E-state index < -0.39 is 0 Å². The maximum absolute atomic E-state index is 12.1. The van der Waals surface area contributed by atoms with Crippen molar-refractivity contribution >= 4 is 29.1 Å². The maximum atomic E-state index is 12.1. The summed E-state index contributed by atoms with van der Waals surface area (Å²) >= 11 is 12.4. The van der Waals surface area contributed by atoms with Gasteiger partial charge in [0.1, 0.15) is 0 Å². The van der Waals surface area contributed by atoms with E-state index in [-0.39, 0.29) is 23.7 Å². The summed E-state index contributed by atoms with van der Waals surface area (Å²) in [5.74, 6) is 0.0437. The monoisotopic (exact) mass is 391 g/mol. The van der Waals surface area contributed by atoms with Crippen LogP contribution in [0.5, 0.6) is 0 Å². The van der Waals surface area contributed by atoms with Crippen molar-refractivity contribution in [2.45, 2.75) is 50.9 Å². The van der Waals surface area contributed by atoms with E-state index in [9.17, 15) is 4.79 Å². The van der Waals surface area contributed by atoms with Crippen LogP contribution in [0, 0.1) is 0 Å². The van der Waals surface area contributed by atoms with E-state index in [0.717, 1.165) is 11.1 Å². The minimum atomic E-state index is -0.376. The number of carbonyl (C=O) groups excluding carboxylic acids is 1. The molecule has 2 aromatic rings. The lowest BCUT2D eigenvalue weighted by atomic mass is 9.81. The number of amides is 1. The van der Waals surface area contributed by atoms with Gasteiger partial charge in [-0.15, -0.1) is 0 Å². The number of hydrogen-bond donors (Lipinski definition) is 1. The molecule has 1 N–H and O–H groups in total. The largest absolute Gasteiger partial charge is 0.365 e. The summed E-state index contributed by atoms with van der Waals surface area (Å²) in [5, 5.41) is 4.56. The van der Waals surface area contributed by atoms with Gasteiger partial charge < -0.3 is 10.1 Å². The van der Waals surface area contributed by atoms with Crippen LogP contribution in [0.3, 0.4) is 0 Å². The van der Waals surface area contributed by atoms with Crippen LogP contribution in [-0.2, 0) is 9.53 Å². The fraction of sp³-hybridized carbons (Fsp3) is 0.381. The summed E-state index contributed by atoms with van der Waals surface area (Å²) in [5.41, 5.74) is 1.62. The van der Waals surface area contributed by atoms with Gasteiger partial charge in [-0.1, -0.05) is 60.5 Å². The molecule has 0 radical (unpaired) electrons. The first-order chi connectivity index (χ1) is 12.4. The molecule has 138 valence electrons. The first kappa shape index (κ1) is 19.2. The molecule has 0 unspecified atom stereocenters. The zero-order chi connectivity index (χ0) is 18.7. The predicted molar refractivity (Wildman–Crippen MR) is 106 cm³/mol. The fourth-order valence-electron chi connectivity index (χ4n) is 3.52. The highest BCUT2D eigenvalue weighted by Crippen LogP contribution is 2.45. The molecule has 0 saturated carbocycles. The van der Waals surface area contributed by atoms with Crippen molar-refractivity contribution in [1.82, 2.24) is 5.32 Å². The minimum Gasteiger partial charge on any atom is -0.365 e. The van der Waals surface area contributed by atoms with Crippen molar-refractivity contribution in [1.29, 1.82) is 0 Å². The van der Waals surface area contributed by atoms with Gasteiger partial charge in [-0.05, 0) is 36.2 Å². The highest BCUT2D eigenvalue weighted by atomic mass is 35.5. The molecule has 5 heteroatoms. The number of carbonyl (C=O) groups is 1. The van der Waals surface area contributed by atoms with Gasteiger partial charge in [-0.25, -0.2) is 0 Å². The topological polar surface area (TPSA) is 38.3 Å². The Morgan fingerprint density at radius 2 is 1.77 bits per heavy atom. The number of halogens is 2. The molecule has 3 nitrogen and oxygen atoms in total. The van der Waals surface area contributed by atoms with Gasteiger partial charge in [0.15, 0.2) is 0 Å². The molecular weight excluding hydrogens is 369 g/mol. The van der Waals surface area contributed by atoms with E-state index >= 15 is 0 Å². The lowest BCUT2D eigenvalue weighted by molar-refractivity contribution is -0.128. The standard InChI is InChI=1S/C21H23Cl2NO2/c1-3-20(25)24-21(2)12-18(14-8-10-15(22)11-9-14)26-19(13-21)16-6-4-5-7-17(16)23/h4-11,18-19H,3,12-13H2,1-2H3,(H,24,25)/t18-,19+,21-/m0/s1. The van der Waals surface area contributed by atoms with Crippen LogP contribution in [-0.4, -0.2) is 11.4 Å². The van der Waals surface area contributed by atoms with Crippen LogP contribution in [0.25, 0.3) is 0 Å². The molecule has 1 heterocycles. The van der Waals surface area contributed by atoms with Crippen molar-refractivity contribution in [2.24, 2.45) is 0 Å². The molecule has 1 aliphatic rings. The third kappa shape index (κ3) is 4.40. The summed E-state index contributed by atoms with van der Waals surface area (Å²) in [4.78, 5) is 12.1. The Labute approximate surface area is 164 Å². The Kier molecular flexibility index (Phi) is 5.91. The summed E-state index contributed by atoms with van der Waals surface area (Å²) in [6.45, 7) is 3.94. The number of rotatable bonds is 4. The van der Waals surface area contributed by atoms with Crippen LogP contribution in [0.15, 0.2) is 48.5 Å². The van der Waals surface area contributed by atoms with E-state index in [4.69, 9.17) is 27.9 Å². The van der Waals surface area contributed by atoms with Gasteiger partial charge in [0, 0.05) is 34.8 Å². The van der Waals surface area contributed by atoms with E-state index in [1.165, 1.54) is 0 Å². The minimum absolute atomic E-state index is 0.0437. The molecule has 0 aliphatic carbocycles. The molecule has 3 atom stereocenters. The van der Waals surface area contributed by atoms with Crippen molar-refractivity contribution in [3.05, 3.63) is 69.7 Å².